The Balaban J connectivity index is 1.58. The number of hydrogen-bond acceptors (Lipinski definition) is 6. The van der Waals surface area contributed by atoms with Gasteiger partial charge < -0.3 is 19.7 Å². The fourth-order valence-electron chi connectivity index (χ4n) is 4.21. The summed E-state index contributed by atoms with van der Waals surface area (Å²) in [4.78, 5) is 15.0. The summed E-state index contributed by atoms with van der Waals surface area (Å²) in [5.74, 6) is 0.565. The third-order valence-corrected chi connectivity index (χ3v) is 7.97. The van der Waals surface area contributed by atoms with Gasteiger partial charge in [0.25, 0.3) is 0 Å². The molecule has 0 radical (unpaired) electrons. The molecule has 1 saturated heterocycles. The predicted octanol–water partition coefficient (Wildman–Crippen LogP) is 3.14. The summed E-state index contributed by atoms with van der Waals surface area (Å²) in [5.41, 5.74) is 3.29. The van der Waals surface area contributed by atoms with Crippen molar-refractivity contribution in [3.05, 3.63) is 53.6 Å². The van der Waals surface area contributed by atoms with Crippen molar-refractivity contribution in [2.75, 3.05) is 56.2 Å². The number of fused-ring (bicyclic) bond motifs is 1. The van der Waals surface area contributed by atoms with Crippen LogP contribution >= 0.6 is 0 Å². The zero-order valence-corrected chi connectivity index (χ0v) is 20.4. The minimum absolute atomic E-state index is 0.156. The molecule has 8 nitrogen and oxygen atoms in total. The van der Waals surface area contributed by atoms with Gasteiger partial charge in [0.1, 0.15) is 5.75 Å². The van der Waals surface area contributed by atoms with E-state index < -0.39 is 10.0 Å². The Bertz CT molecular complexity index is 1170. The molecule has 0 saturated carbocycles. The van der Waals surface area contributed by atoms with Gasteiger partial charge in [0.05, 0.1) is 36.1 Å². The minimum atomic E-state index is -3.68. The van der Waals surface area contributed by atoms with Gasteiger partial charge in [0.15, 0.2) is 0 Å². The molecule has 1 fully saturated rings. The number of anilines is 2. The van der Waals surface area contributed by atoms with Crippen LogP contribution in [0.3, 0.4) is 0 Å². The van der Waals surface area contributed by atoms with Crippen molar-refractivity contribution in [2.24, 2.45) is 0 Å². The molecule has 1 amide bonds. The highest BCUT2D eigenvalue weighted by molar-refractivity contribution is 7.89. The number of nitrogens with one attached hydrogen (secondary N) is 1. The van der Waals surface area contributed by atoms with E-state index in [0.29, 0.717) is 38.6 Å². The fraction of sp³-hybridized carbons (Fsp3) is 0.400. The lowest BCUT2D eigenvalue weighted by molar-refractivity contribution is -0.111. The molecule has 0 aliphatic carbocycles. The topological polar surface area (TPSA) is 88.2 Å². The second-order valence-electron chi connectivity index (χ2n) is 8.16. The van der Waals surface area contributed by atoms with Crippen molar-refractivity contribution in [1.82, 2.24) is 4.31 Å². The van der Waals surface area contributed by atoms with E-state index in [4.69, 9.17) is 9.47 Å². The van der Waals surface area contributed by atoms with Gasteiger partial charge in [-0.1, -0.05) is 6.07 Å². The standard InChI is InChI=1S/C25H31N3O5S/c1-3-27(4-2)23-8-7-21(34(30,31)28-12-15-32-16-13-28)18-22(23)26-25(29)10-6-19-5-9-24-20(17-19)11-14-33-24/h5-10,17-18H,3-4,11-16H2,1-2H3,(H,26,29)/b10-6+. The fourth-order valence-corrected chi connectivity index (χ4v) is 5.64. The summed E-state index contributed by atoms with van der Waals surface area (Å²) in [6.45, 7) is 7.55. The van der Waals surface area contributed by atoms with Gasteiger partial charge in [-0.05, 0) is 61.4 Å². The minimum Gasteiger partial charge on any atom is -0.493 e. The third kappa shape index (κ3) is 5.27. The predicted molar refractivity (Wildman–Crippen MR) is 133 cm³/mol. The number of ether oxygens (including phenoxy) is 2. The van der Waals surface area contributed by atoms with E-state index in [9.17, 15) is 13.2 Å². The normalized spacial score (nSPS) is 16.3. The van der Waals surface area contributed by atoms with Crippen molar-refractivity contribution in [3.63, 3.8) is 0 Å². The molecule has 1 N–H and O–H groups in total. The number of morpholine rings is 1. The van der Waals surface area contributed by atoms with Crippen LogP contribution in [-0.4, -0.2) is 64.6 Å². The molecule has 9 heteroatoms. The number of amides is 1. The first-order valence-corrected chi connectivity index (χ1v) is 13.1. The summed E-state index contributed by atoms with van der Waals surface area (Å²) in [6, 6.07) is 10.8. The van der Waals surface area contributed by atoms with E-state index in [1.807, 2.05) is 32.0 Å². The molecule has 2 aliphatic rings. The van der Waals surface area contributed by atoms with Gasteiger partial charge in [-0.25, -0.2) is 8.42 Å². The highest BCUT2D eigenvalue weighted by Gasteiger charge is 2.27. The molecule has 0 aromatic heterocycles. The highest BCUT2D eigenvalue weighted by Crippen LogP contribution is 2.31. The maximum Gasteiger partial charge on any atom is 0.248 e. The molecule has 2 heterocycles. The second kappa shape index (κ2) is 10.6. The Morgan fingerprint density at radius 3 is 2.59 bits per heavy atom. The summed E-state index contributed by atoms with van der Waals surface area (Å²) < 4.78 is 38.6. The van der Waals surface area contributed by atoms with E-state index in [0.717, 1.165) is 42.1 Å². The number of carbonyl (C=O) groups is 1. The molecule has 2 aromatic carbocycles. The lowest BCUT2D eigenvalue weighted by Gasteiger charge is -2.28. The van der Waals surface area contributed by atoms with Crippen molar-refractivity contribution < 1.29 is 22.7 Å². The van der Waals surface area contributed by atoms with Crippen molar-refractivity contribution in [3.8, 4) is 5.75 Å². The Morgan fingerprint density at radius 1 is 1.09 bits per heavy atom. The first kappa shape index (κ1) is 24.3. The molecule has 2 aliphatic heterocycles. The maximum atomic E-state index is 13.2. The van der Waals surface area contributed by atoms with Crippen LogP contribution in [0.2, 0.25) is 0 Å². The summed E-state index contributed by atoms with van der Waals surface area (Å²) in [7, 11) is -3.68. The first-order valence-electron chi connectivity index (χ1n) is 11.6. The molecule has 182 valence electrons. The number of carbonyl (C=O) groups excluding carboxylic acids is 1. The number of benzene rings is 2. The second-order valence-corrected chi connectivity index (χ2v) is 10.1. The van der Waals surface area contributed by atoms with E-state index in [2.05, 4.69) is 10.2 Å². The van der Waals surface area contributed by atoms with Crippen LogP contribution in [0, 0.1) is 0 Å². The Kier molecular flexibility index (Phi) is 7.55. The van der Waals surface area contributed by atoms with Crippen molar-refractivity contribution in [2.45, 2.75) is 25.2 Å². The molecule has 0 bridgehead atoms. The lowest BCUT2D eigenvalue weighted by atomic mass is 10.1. The first-order chi connectivity index (χ1) is 16.4. The highest BCUT2D eigenvalue weighted by atomic mass is 32.2. The largest absolute Gasteiger partial charge is 0.493 e. The van der Waals surface area contributed by atoms with Crippen LogP contribution in [0.25, 0.3) is 6.08 Å². The van der Waals surface area contributed by atoms with Gasteiger partial charge in [0.2, 0.25) is 15.9 Å². The monoisotopic (exact) mass is 485 g/mol. The number of hydrogen-bond donors (Lipinski definition) is 1. The third-order valence-electron chi connectivity index (χ3n) is 6.08. The van der Waals surface area contributed by atoms with Gasteiger partial charge in [-0.3, -0.25) is 4.79 Å². The zero-order valence-electron chi connectivity index (χ0n) is 19.6. The van der Waals surface area contributed by atoms with E-state index >= 15 is 0 Å². The average molecular weight is 486 g/mol. The van der Waals surface area contributed by atoms with Crippen LogP contribution in [-0.2, 0) is 26.0 Å². The Morgan fingerprint density at radius 2 is 1.85 bits per heavy atom. The quantitative estimate of drug-likeness (QED) is 0.578. The van der Waals surface area contributed by atoms with Crippen molar-refractivity contribution >= 4 is 33.4 Å². The smallest absolute Gasteiger partial charge is 0.248 e. The molecule has 2 aromatic rings. The SMILES string of the molecule is CCN(CC)c1ccc(S(=O)(=O)N2CCOCC2)cc1NC(=O)/C=C/c1ccc2c(c1)CCO2. The van der Waals surface area contributed by atoms with Crippen LogP contribution in [0.15, 0.2) is 47.4 Å². The summed E-state index contributed by atoms with van der Waals surface area (Å²) in [5, 5.41) is 2.90. The Labute approximate surface area is 201 Å². The van der Waals surface area contributed by atoms with Crippen LogP contribution in [0.5, 0.6) is 5.75 Å². The van der Waals surface area contributed by atoms with Crippen LogP contribution < -0.4 is 15.0 Å². The number of sulfonamides is 1. The molecule has 34 heavy (non-hydrogen) atoms. The molecular formula is C25H31N3O5S. The zero-order chi connectivity index (χ0) is 24.1. The Hall–Kier alpha value is -2.88. The molecule has 4 rings (SSSR count). The van der Waals surface area contributed by atoms with E-state index in [-0.39, 0.29) is 10.8 Å². The average Bonchev–Trinajstić information content (AvgIpc) is 3.33. The maximum absolute atomic E-state index is 13.2. The summed E-state index contributed by atoms with van der Waals surface area (Å²) in [6.07, 6.45) is 4.08. The van der Waals surface area contributed by atoms with E-state index in [1.165, 1.54) is 10.4 Å². The van der Waals surface area contributed by atoms with Crippen molar-refractivity contribution in [1.29, 1.82) is 0 Å². The number of nitrogens with zero attached hydrogens (tertiary/aromatic N) is 2. The van der Waals surface area contributed by atoms with Gasteiger partial charge in [-0.15, -0.1) is 0 Å². The number of rotatable bonds is 8. The van der Waals surface area contributed by atoms with Gasteiger partial charge >= 0.3 is 0 Å². The van der Waals surface area contributed by atoms with Gasteiger partial charge in [0, 0.05) is 38.7 Å². The lowest BCUT2D eigenvalue weighted by Crippen LogP contribution is -2.40. The summed E-state index contributed by atoms with van der Waals surface area (Å²) >= 11 is 0. The molecular weight excluding hydrogens is 454 g/mol. The molecule has 0 spiro atoms. The van der Waals surface area contributed by atoms with Gasteiger partial charge in [-0.2, -0.15) is 4.31 Å². The molecule has 0 atom stereocenters. The molecule has 0 unspecified atom stereocenters. The van der Waals surface area contributed by atoms with Crippen LogP contribution in [0.1, 0.15) is 25.0 Å². The van der Waals surface area contributed by atoms with E-state index in [1.54, 1.807) is 24.3 Å². The van der Waals surface area contributed by atoms with Crippen LogP contribution in [0.4, 0.5) is 11.4 Å².